The molecule has 10 nitrogen and oxygen atoms in total. The largest absolute Gasteiger partial charge is 0.452 e. The molecular weight excluding hydrogens is 502 g/mol. The summed E-state index contributed by atoms with van der Waals surface area (Å²) in [5.41, 5.74) is 1.61. The van der Waals surface area contributed by atoms with Crippen molar-refractivity contribution in [2.75, 3.05) is 32.6 Å². The van der Waals surface area contributed by atoms with E-state index in [4.69, 9.17) is 14.6 Å². The maximum absolute atomic E-state index is 13.4. The summed E-state index contributed by atoms with van der Waals surface area (Å²) in [5.74, 6) is -1.41. The second kappa shape index (κ2) is 14.3. The summed E-state index contributed by atoms with van der Waals surface area (Å²) in [4.78, 5) is 53.0. The van der Waals surface area contributed by atoms with Gasteiger partial charge in [-0.05, 0) is 49.3 Å². The molecule has 0 saturated heterocycles. The quantitative estimate of drug-likeness (QED) is 0.270. The number of aliphatic hydroxyl groups excluding tert-OH is 1. The van der Waals surface area contributed by atoms with Crippen molar-refractivity contribution in [2.24, 2.45) is 17.8 Å². The summed E-state index contributed by atoms with van der Waals surface area (Å²) in [6, 6.07) is 6.39. The van der Waals surface area contributed by atoms with Gasteiger partial charge >= 0.3 is 11.9 Å². The molecule has 2 aliphatic rings. The van der Waals surface area contributed by atoms with Crippen LogP contribution in [0.3, 0.4) is 0 Å². The van der Waals surface area contributed by atoms with Gasteiger partial charge in [0.05, 0.1) is 12.5 Å². The van der Waals surface area contributed by atoms with Crippen molar-refractivity contribution in [3.8, 4) is 0 Å². The van der Waals surface area contributed by atoms with E-state index < -0.39 is 42.0 Å². The molecular formula is C29H43N3O7. The summed E-state index contributed by atoms with van der Waals surface area (Å²) in [6.45, 7) is 3.76. The molecule has 0 radical (unpaired) electrons. The smallest absolute Gasteiger partial charge is 0.329 e. The maximum Gasteiger partial charge on any atom is 0.329 e. The van der Waals surface area contributed by atoms with Gasteiger partial charge in [-0.1, -0.05) is 44.7 Å². The number of carbonyl (C=O) groups excluding carboxylic acids is 4. The summed E-state index contributed by atoms with van der Waals surface area (Å²) in [5, 5.41) is 14.6. The molecule has 1 aromatic rings. The molecule has 3 N–H and O–H groups in total. The minimum atomic E-state index is -1.08. The molecule has 0 unspecified atom stereocenters. The Balaban J connectivity index is 1.64. The molecule has 2 fully saturated rings. The molecule has 2 saturated carbocycles. The highest BCUT2D eigenvalue weighted by Gasteiger charge is 2.39. The van der Waals surface area contributed by atoms with E-state index in [1.165, 1.54) is 25.9 Å². The zero-order valence-electron chi connectivity index (χ0n) is 23.5. The molecule has 2 aliphatic carbocycles. The number of carbonyl (C=O) groups is 4. The lowest BCUT2D eigenvalue weighted by atomic mass is 10.0. The Bertz CT molecular complexity index is 991. The van der Waals surface area contributed by atoms with Gasteiger partial charge in [-0.15, -0.1) is 0 Å². The third-order valence-electron chi connectivity index (χ3n) is 7.38. The number of hydrogen-bond acceptors (Lipinski definition) is 8. The van der Waals surface area contributed by atoms with Gasteiger partial charge in [0, 0.05) is 32.7 Å². The van der Waals surface area contributed by atoms with Crippen LogP contribution in [0.15, 0.2) is 24.3 Å². The van der Waals surface area contributed by atoms with Crippen molar-refractivity contribution in [1.82, 2.24) is 10.2 Å². The number of hydrogen-bond donors (Lipinski definition) is 3. The van der Waals surface area contributed by atoms with E-state index in [1.54, 1.807) is 0 Å². The number of aliphatic hydroxyl groups is 1. The van der Waals surface area contributed by atoms with Gasteiger partial charge in [0.1, 0.15) is 6.04 Å². The van der Waals surface area contributed by atoms with Gasteiger partial charge in [0.25, 0.3) is 11.8 Å². The Morgan fingerprint density at radius 1 is 0.974 bits per heavy atom. The van der Waals surface area contributed by atoms with Crippen LogP contribution in [0.2, 0.25) is 0 Å². The van der Waals surface area contributed by atoms with E-state index in [2.05, 4.69) is 10.6 Å². The molecule has 0 aromatic heterocycles. The fraction of sp³-hybridized carbons (Fsp3) is 0.655. The number of esters is 2. The second-order valence-corrected chi connectivity index (χ2v) is 10.9. The normalized spacial score (nSPS) is 17.8. The molecule has 10 heteroatoms. The number of rotatable bonds is 16. The van der Waals surface area contributed by atoms with Crippen molar-refractivity contribution in [3.05, 3.63) is 29.8 Å². The number of benzene rings is 1. The van der Waals surface area contributed by atoms with Gasteiger partial charge < -0.3 is 30.1 Å². The van der Waals surface area contributed by atoms with E-state index in [9.17, 15) is 19.2 Å². The molecule has 216 valence electrons. The van der Waals surface area contributed by atoms with E-state index in [0.29, 0.717) is 24.8 Å². The zero-order chi connectivity index (χ0) is 28.5. The minimum absolute atomic E-state index is 0.0101. The first-order valence-electron chi connectivity index (χ1n) is 14.0. The Morgan fingerprint density at radius 3 is 2.15 bits per heavy atom. The summed E-state index contributed by atoms with van der Waals surface area (Å²) in [7, 11) is 2.99. The van der Waals surface area contributed by atoms with Crippen molar-refractivity contribution in [2.45, 2.75) is 77.0 Å². The van der Waals surface area contributed by atoms with Gasteiger partial charge in [-0.2, -0.15) is 0 Å². The predicted octanol–water partition coefficient (Wildman–Crippen LogP) is 2.29. The number of likely N-dealkylation sites (N-methyl/N-ethyl adjacent to an activating group) is 2. The highest BCUT2D eigenvalue weighted by molar-refractivity contribution is 5.90. The van der Waals surface area contributed by atoms with Gasteiger partial charge in [-0.3, -0.25) is 14.4 Å². The molecule has 2 amide bonds. The SMILES string of the molecule is CNC(=O)[C@@H](Cc1ccc(NCCO)cc1)OC(=O)[C@H](CC1CC1)N(C)C(=O)[C@@H](C)OC(=O)[C@@H](C)CC1CC1. The first kappa shape index (κ1) is 30.4. The molecule has 3 rings (SSSR count). The van der Waals surface area contributed by atoms with E-state index in [-0.39, 0.29) is 18.9 Å². The lowest BCUT2D eigenvalue weighted by molar-refractivity contribution is -0.168. The molecule has 4 atom stereocenters. The number of amides is 2. The topological polar surface area (TPSA) is 134 Å². The summed E-state index contributed by atoms with van der Waals surface area (Å²) in [6.07, 6.45) is 3.41. The van der Waals surface area contributed by atoms with E-state index in [0.717, 1.165) is 43.4 Å². The summed E-state index contributed by atoms with van der Waals surface area (Å²) < 4.78 is 11.2. The molecule has 1 aromatic carbocycles. The van der Waals surface area contributed by atoms with Gasteiger partial charge in [-0.25, -0.2) is 4.79 Å². The van der Waals surface area contributed by atoms with Crippen LogP contribution in [0.5, 0.6) is 0 Å². The predicted molar refractivity (Wildman–Crippen MR) is 146 cm³/mol. The fourth-order valence-electron chi connectivity index (χ4n) is 4.55. The Morgan fingerprint density at radius 2 is 1.59 bits per heavy atom. The minimum Gasteiger partial charge on any atom is -0.452 e. The van der Waals surface area contributed by atoms with Crippen molar-refractivity contribution in [1.29, 1.82) is 0 Å². The van der Waals surface area contributed by atoms with Crippen LogP contribution in [-0.2, 0) is 35.1 Å². The van der Waals surface area contributed by atoms with E-state index >= 15 is 0 Å². The zero-order valence-corrected chi connectivity index (χ0v) is 23.5. The first-order valence-corrected chi connectivity index (χ1v) is 14.0. The molecule has 39 heavy (non-hydrogen) atoms. The monoisotopic (exact) mass is 545 g/mol. The Hall–Kier alpha value is -3.14. The van der Waals surface area contributed by atoms with Crippen molar-refractivity contribution >= 4 is 29.4 Å². The number of nitrogens with zero attached hydrogens (tertiary/aromatic N) is 1. The van der Waals surface area contributed by atoms with Crippen molar-refractivity contribution in [3.63, 3.8) is 0 Å². The van der Waals surface area contributed by atoms with Crippen LogP contribution in [0.1, 0.15) is 57.9 Å². The lowest BCUT2D eigenvalue weighted by Gasteiger charge is -2.30. The third-order valence-corrected chi connectivity index (χ3v) is 7.38. The Labute approximate surface area is 230 Å². The maximum atomic E-state index is 13.4. The number of nitrogens with one attached hydrogen (secondary N) is 2. The average Bonchev–Trinajstić information content (AvgIpc) is 3.86. The molecule has 0 spiro atoms. The third kappa shape index (κ3) is 9.53. The summed E-state index contributed by atoms with van der Waals surface area (Å²) >= 11 is 0. The van der Waals surface area contributed by atoms with Crippen LogP contribution < -0.4 is 10.6 Å². The fourth-order valence-corrected chi connectivity index (χ4v) is 4.55. The average molecular weight is 546 g/mol. The highest BCUT2D eigenvalue weighted by atomic mass is 16.6. The van der Waals surface area contributed by atoms with E-state index in [1.807, 2.05) is 31.2 Å². The number of ether oxygens (including phenoxy) is 2. The molecule has 0 bridgehead atoms. The van der Waals surface area contributed by atoms with Gasteiger partial charge in [0.2, 0.25) is 0 Å². The Kier molecular flexibility index (Phi) is 11.2. The van der Waals surface area contributed by atoms with Crippen LogP contribution in [0.4, 0.5) is 5.69 Å². The van der Waals surface area contributed by atoms with Gasteiger partial charge in [0.15, 0.2) is 12.2 Å². The van der Waals surface area contributed by atoms with Crippen LogP contribution in [0.25, 0.3) is 0 Å². The first-order chi connectivity index (χ1) is 18.6. The van der Waals surface area contributed by atoms with Crippen molar-refractivity contribution < 1.29 is 33.8 Å². The number of anilines is 1. The second-order valence-electron chi connectivity index (χ2n) is 10.9. The van der Waals surface area contributed by atoms with Crippen LogP contribution in [0, 0.1) is 17.8 Å². The standard InChI is InChI=1S/C29H43N3O7/c1-18(15-20-5-6-20)28(36)38-19(2)27(35)32(4)24(16-21-7-8-21)29(37)39-25(26(34)30-3)17-22-9-11-23(12-10-22)31-13-14-33/h9-12,18-21,24-25,31,33H,5-8,13-17H2,1-4H3,(H,30,34)/t18-,19+,24-,25+/m0/s1. The molecule has 0 aliphatic heterocycles. The van der Waals surface area contributed by atoms with Crippen LogP contribution >= 0.6 is 0 Å². The van der Waals surface area contributed by atoms with Crippen LogP contribution in [-0.4, -0.2) is 79.3 Å². The highest BCUT2D eigenvalue weighted by Crippen LogP contribution is 2.36. The molecule has 0 heterocycles. The lowest BCUT2D eigenvalue weighted by Crippen LogP contribution is -2.50.